The Morgan fingerprint density at radius 1 is 1.36 bits per heavy atom. The van der Waals surface area contributed by atoms with Gasteiger partial charge in [0.15, 0.2) is 11.5 Å². The van der Waals surface area contributed by atoms with E-state index < -0.39 is 0 Å². The van der Waals surface area contributed by atoms with Crippen LogP contribution in [-0.2, 0) is 9.47 Å². The van der Waals surface area contributed by atoms with Crippen molar-refractivity contribution in [3.63, 3.8) is 0 Å². The number of nitrogens with zero attached hydrogens (tertiary/aromatic N) is 4. The zero-order valence-corrected chi connectivity index (χ0v) is 12.7. The van der Waals surface area contributed by atoms with Crippen LogP contribution in [0.3, 0.4) is 0 Å². The molecule has 2 aromatic heterocycles. The van der Waals surface area contributed by atoms with Crippen molar-refractivity contribution >= 4 is 11.5 Å². The molecule has 7 nitrogen and oxygen atoms in total. The van der Waals surface area contributed by atoms with Crippen molar-refractivity contribution in [3.05, 3.63) is 18.0 Å². The molecule has 1 saturated heterocycles. The van der Waals surface area contributed by atoms with Gasteiger partial charge in [-0.1, -0.05) is 0 Å². The summed E-state index contributed by atoms with van der Waals surface area (Å²) in [6.45, 7) is 4.26. The van der Waals surface area contributed by atoms with E-state index in [1.165, 1.54) is 12.8 Å². The summed E-state index contributed by atoms with van der Waals surface area (Å²) in [5, 5.41) is 16.4. The molecule has 2 aliphatic rings. The number of rotatable bonds is 6. The van der Waals surface area contributed by atoms with Crippen LogP contribution in [-0.4, -0.2) is 51.8 Å². The van der Waals surface area contributed by atoms with Crippen LogP contribution in [0, 0.1) is 0 Å². The normalized spacial score (nSPS) is 23.0. The maximum Gasteiger partial charge on any atom is 0.178 e. The van der Waals surface area contributed by atoms with Gasteiger partial charge in [-0.3, -0.25) is 0 Å². The van der Waals surface area contributed by atoms with Crippen LogP contribution in [0.4, 0.5) is 5.82 Å². The smallest absolute Gasteiger partial charge is 0.178 e. The van der Waals surface area contributed by atoms with Crippen LogP contribution in [0.5, 0.6) is 0 Å². The highest BCUT2D eigenvalue weighted by Crippen LogP contribution is 2.38. The fraction of sp³-hybridized carbons (Fsp3) is 0.667. The van der Waals surface area contributed by atoms with Crippen LogP contribution in [0.25, 0.3) is 5.65 Å². The molecule has 0 aromatic carbocycles. The third kappa shape index (κ3) is 2.91. The lowest BCUT2D eigenvalue weighted by Crippen LogP contribution is -2.26. The second-order valence-corrected chi connectivity index (χ2v) is 6.19. The van der Waals surface area contributed by atoms with Gasteiger partial charge in [-0.05, 0) is 38.3 Å². The molecule has 0 spiro atoms. The summed E-state index contributed by atoms with van der Waals surface area (Å²) in [7, 11) is 0. The molecular weight excluding hydrogens is 282 g/mol. The van der Waals surface area contributed by atoms with Gasteiger partial charge in [0.2, 0.25) is 0 Å². The highest BCUT2D eigenvalue weighted by molar-refractivity contribution is 5.44. The van der Waals surface area contributed by atoms with Gasteiger partial charge < -0.3 is 14.8 Å². The second kappa shape index (κ2) is 5.81. The Morgan fingerprint density at radius 3 is 3.05 bits per heavy atom. The number of nitrogens with one attached hydrogen (secondary N) is 1. The molecule has 4 rings (SSSR count). The minimum atomic E-state index is 0.186. The average molecular weight is 303 g/mol. The lowest BCUT2D eigenvalue weighted by molar-refractivity contribution is 0.0394. The SMILES string of the molecule is CC(COC1CCOC1)Nc1ccc2nnc(C3CC3)n2n1. The van der Waals surface area contributed by atoms with Crippen molar-refractivity contribution < 1.29 is 9.47 Å². The van der Waals surface area contributed by atoms with Gasteiger partial charge in [-0.25, -0.2) is 0 Å². The molecule has 1 saturated carbocycles. The fourth-order valence-corrected chi connectivity index (χ4v) is 2.70. The topological polar surface area (TPSA) is 73.6 Å². The third-order valence-electron chi connectivity index (χ3n) is 4.09. The molecule has 1 aliphatic heterocycles. The van der Waals surface area contributed by atoms with E-state index in [4.69, 9.17) is 9.47 Å². The predicted molar refractivity (Wildman–Crippen MR) is 81.0 cm³/mol. The van der Waals surface area contributed by atoms with Gasteiger partial charge in [0.1, 0.15) is 5.82 Å². The van der Waals surface area contributed by atoms with Crippen LogP contribution < -0.4 is 5.32 Å². The predicted octanol–water partition coefficient (Wildman–Crippen LogP) is 1.61. The summed E-state index contributed by atoms with van der Waals surface area (Å²) in [4.78, 5) is 0. The third-order valence-corrected chi connectivity index (χ3v) is 4.09. The summed E-state index contributed by atoms with van der Waals surface area (Å²) < 4.78 is 13.0. The van der Waals surface area contributed by atoms with E-state index in [0.29, 0.717) is 19.1 Å². The van der Waals surface area contributed by atoms with Gasteiger partial charge in [0, 0.05) is 18.6 Å². The first-order valence-electron chi connectivity index (χ1n) is 7.98. The van der Waals surface area contributed by atoms with Crippen molar-refractivity contribution in [1.29, 1.82) is 0 Å². The van der Waals surface area contributed by atoms with Gasteiger partial charge in [0.05, 0.1) is 19.3 Å². The largest absolute Gasteiger partial charge is 0.379 e. The number of fused-ring (bicyclic) bond motifs is 1. The molecule has 22 heavy (non-hydrogen) atoms. The van der Waals surface area contributed by atoms with Crippen molar-refractivity contribution in [2.45, 2.75) is 44.2 Å². The van der Waals surface area contributed by atoms with Crippen LogP contribution in [0.2, 0.25) is 0 Å². The molecular formula is C15H21N5O2. The lowest BCUT2D eigenvalue weighted by atomic mass is 10.3. The quantitative estimate of drug-likeness (QED) is 0.874. The molecule has 0 bridgehead atoms. The number of ether oxygens (including phenoxy) is 2. The van der Waals surface area contributed by atoms with E-state index in [1.807, 2.05) is 16.6 Å². The van der Waals surface area contributed by atoms with Crippen LogP contribution >= 0.6 is 0 Å². The van der Waals surface area contributed by atoms with Crippen molar-refractivity contribution in [2.75, 3.05) is 25.1 Å². The highest BCUT2D eigenvalue weighted by atomic mass is 16.5. The minimum absolute atomic E-state index is 0.186. The molecule has 0 radical (unpaired) electrons. The molecule has 7 heteroatoms. The van der Waals surface area contributed by atoms with E-state index in [0.717, 1.165) is 30.3 Å². The molecule has 3 heterocycles. The van der Waals surface area contributed by atoms with Gasteiger partial charge >= 0.3 is 0 Å². The first-order valence-corrected chi connectivity index (χ1v) is 7.98. The molecule has 2 atom stereocenters. The Morgan fingerprint density at radius 2 is 2.27 bits per heavy atom. The summed E-state index contributed by atoms with van der Waals surface area (Å²) in [6, 6.07) is 4.08. The van der Waals surface area contributed by atoms with E-state index in [-0.39, 0.29) is 12.1 Å². The highest BCUT2D eigenvalue weighted by Gasteiger charge is 2.29. The molecule has 1 N–H and O–H groups in total. The fourth-order valence-electron chi connectivity index (χ4n) is 2.70. The van der Waals surface area contributed by atoms with E-state index >= 15 is 0 Å². The molecule has 1 aliphatic carbocycles. The summed E-state index contributed by atoms with van der Waals surface area (Å²) in [5.41, 5.74) is 0.805. The number of hydrogen-bond acceptors (Lipinski definition) is 6. The van der Waals surface area contributed by atoms with Crippen LogP contribution in [0.1, 0.15) is 37.9 Å². The molecule has 2 fully saturated rings. The molecule has 2 unspecified atom stereocenters. The summed E-state index contributed by atoms with van der Waals surface area (Å²) in [5.74, 6) is 2.33. The van der Waals surface area contributed by atoms with Crippen LogP contribution in [0.15, 0.2) is 12.1 Å². The molecule has 118 valence electrons. The van der Waals surface area contributed by atoms with E-state index in [9.17, 15) is 0 Å². The van der Waals surface area contributed by atoms with Gasteiger partial charge in [-0.2, -0.15) is 4.52 Å². The Hall–Kier alpha value is -1.73. The Balaban J connectivity index is 1.40. The lowest BCUT2D eigenvalue weighted by Gasteiger charge is -2.17. The zero-order chi connectivity index (χ0) is 14.9. The van der Waals surface area contributed by atoms with Crippen molar-refractivity contribution in [2.24, 2.45) is 0 Å². The van der Waals surface area contributed by atoms with E-state index in [1.54, 1.807) is 0 Å². The van der Waals surface area contributed by atoms with Gasteiger partial charge in [0.25, 0.3) is 0 Å². The molecule has 0 amide bonds. The Bertz CT molecular complexity index is 648. The zero-order valence-electron chi connectivity index (χ0n) is 12.7. The molecule has 2 aromatic rings. The standard InChI is InChI=1S/C15H21N5O2/c1-10(8-22-12-6-7-21-9-12)16-13-4-5-14-17-18-15(11-2-3-11)20(14)19-13/h4-5,10-12H,2-3,6-9H2,1H3,(H,16,19). The minimum Gasteiger partial charge on any atom is -0.379 e. The second-order valence-electron chi connectivity index (χ2n) is 6.19. The van der Waals surface area contributed by atoms with Crippen molar-refractivity contribution in [3.8, 4) is 0 Å². The average Bonchev–Trinajstić information content (AvgIpc) is 3.08. The first kappa shape index (κ1) is 13.9. The summed E-state index contributed by atoms with van der Waals surface area (Å²) >= 11 is 0. The monoisotopic (exact) mass is 303 g/mol. The Kier molecular flexibility index (Phi) is 3.67. The Labute approximate surface area is 129 Å². The summed E-state index contributed by atoms with van der Waals surface area (Å²) in [6.07, 6.45) is 3.60. The first-order chi connectivity index (χ1) is 10.8. The maximum atomic E-state index is 5.83. The van der Waals surface area contributed by atoms with E-state index in [2.05, 4.69) is 27.5 Å². The number of aromatic nitrogens is 4. The number of anilines is 1. The number of hydrogen-bond donors (Lipinski definition) is 1. The van der Waals surface area contributed by atoms with Gasteiger partial charge in [-0.15, -0.1) is 15.3 Å². The van der Waals surface area contributed by atoms with Crippen molar-refractivity contribution in [1.82, 2.24) is 19.8 Å². The maximum absolute atomic E-state index is 5.83.